The van der Waals surface area contributed by atoms with E-state index in [-0.39, 0.29) is 10.5 Å². The third-order valence-electron chi connectivity index (χ3n) is 3.59. The highest BCUT2D eigenvalue weighted by Crippen LogP contribution is 2.13. The van der Waals surface area contributed by atoms with Crippen molar-refractivity contribution < 1.29 is 18.0 Å². The average molecular weight is 417 g/mol. The Labute approximate surface area is 165 Å². The van der Waals surface area contributed by atoms with Crippen LogP contribution in [0.1, 0.15) is 0 Å². The molecule has 0 fully saturated rings. The predicted molar refractivity (Wildman–Crippen MR) is 102 cm³/mol. The number of rotatable bonds is 5. The Morgan fingerprint density at radius 3 is 2.61 bits per heavy atom. The summed E-state index contributed by atoms with van der Waals surface area (Å²) in [6.07, 6.45) is 1.55. The summed E-state index contributed by atoms with van der Waals surface area (Å²) in [6, 6.07) is 12.5. The summed E-state index contributed by atoms with van der Waals surface area (Å²) >= 11 is 5.71. The molecule has 1 heterocycles. The van der Waals surface area contributed by atoms with Crippen LogP contribution in [0.4, 0.5) is 0 Å². The monoisotopic (exact) mass is 416 g/mol. The van der Waals surface area contributed by atoms with E-state index < -0.39 is 28.4 Å². The van der Waals surface area contributed by atoms with Crippen LogP contribution >= 0.6 is 11.6 Å². The van der Waals surface area contributed by atoms with E-state index in [1.807, 2.05) is 0 Å². The number of carbonyl (C=O) groups is 2. The highest BCUT2D eigenvalue weighted by molar-refractivity contribution is 7.89. The second-order valence-electron chi connectivity index (χ2n) is 5.57. The number of halogens is 1. The molecule has 2 aromatic rings. The fourth-order valence-electron chi connectivity index (χ4n) is 2.23. The minimum Gasteiger partial charge on any atom is -0.272 e. The molecule has 28 heavy (non-hydrogen) atoms. The molecule has 0 bridgehead atoms. The number of hydrazone groups is 1. The zero-order chi connectivity index (χ0) is 20.1. The fourth-order valence-corrected chi connectivity index (χ4v) is 3.33. The van der Waals surface area contributed by atoms with Crippen LogP contribution in [0.3, 0.4) is 0 Å². The molecule has 142 valence electrons. The van der Waals surface area contributed by atoms with Crippen molar-refractivity contribution in [2.45, 2.75) is 4.90 Å². The number of amides is 2. The lowest BCUT2D eigenvalue weighted by Crippen LogP contribution is -2.34. The lowest BCUT2D eigenvalue weighted by molar-refractivity contribution is -0.120. The van der Waals surface area contributed by atoms with Gasteiger partial charge in [-0.15, -0.1) is 5.10 Å². The second kappa shape index (κ2) is 8.28. The lowest BCUT2D eigenvalue weighted by Gasteiger charge is -2.05. The smallest absolute Gasteiger partial charge is 0.272 e. The first-order chi connectivity index (χ1) is 13.3. The molecule has 0 unspecified atom stereocenters. The third kappa shape index (κ3) is 4.79. The maximum absolute atomic E-state index is 12.1. The van der Waals surface area contributed by atoms with Crippen LogP contribution in [0, 0.1) is 0 Å². The van der Waals surface area contributed by atoms with Crippen molar-refractivity contribution in [1.82, 2.24) is 10.1 Å². The van der Waals surface area contributed by atoms with Crippen LogP contribution in [0.5, 0.6) is 0 Å². The molecule has 0 spiro atoms. The van der Waals surface area contributed by atoms with Gasteiger partial charge in [-0.3, -0.25) is 9.59 Å². The lowest BCUT2D eigenvalue weighted by atomic mass is 10.1. The number of nitrogens with zero attached hydrogens (tertiary/aromatic N) is 2. The van der Waals surface area contributed by atoms with Crippen molar-refractivity contribution >= 4 is 45.4 Å². The van der Waals surface area contributed by atoms with Crippen molar-refractivity contribution in [2.24, 2.45) is 10.1 Å². The molecule has 0 radical (unpaired) electrons. The van der Waals surface area contributed by atoms with Crippen LogP contribution in [-0.2, 0) is 19.6 Å². The number of benzene rings is 2. The SMILES string of the molecule is O=C(CNS(=O)(=O)c1ccc(Cl)cc1)NN=C=C1C=c2ccccc2=NC1=O. The molecule has 2 N–H and O–H groups in total. The van der Waals surface area contributed by atoms with Crippen molar-refractivity contribution in [3.8, 4) is 0 Å². The Kier molecular flexibility index (Phi) is 5.81. The second-order valence-corrected chi connectivity index (χ2v) is 7.77. The summed E-state index contributed by atoms with van der Waals surface area (Å²) in [4.78, 5) is 27.5. The van der Waals surface area contributed by atoms with Crippen LogP contribution < -0.4 is 20.7 Å². The number of hydrogen-bond acceptors (Lipinski definition) is 5. The maximum Gasteiger partial charge on any atom is 0.287 e. The molecular formula is C18H13ClN4O4S. The van der Waals surface area contributed by atoms with Gasteiger partial charge in [0.15, 0.2) is 0 Å². The summed E-state index contributed by atoms with van der Waals surface area (Å²) in [5, 5.41) is 5.21. The summed E-state index contributed by atoms with van der Waals surface area (Å²) < 4.78 is 26.3. The number of sulfonamides is 1. The predicted octanol–water partition coefficient (Wildman–Crippen LogP) is -0.114. The van der Waals surface area contributed by atoms with Gasteiger partial charge in [-0.1, -0.05) is 29.8 Å². The molecule has 0 aliphatic carbocycles. The number of fused-ring (bicyclic) bond motifs is 1. The van der Waals surface area contributed by atoms with E-state index in [2.05, 4.69) is 26.1 Å². The highest BCUT2D eigenvalue weighted by atomic mass is 35.5. The normalized spacial score (nSPS) is 12.9. The molecule has 2 aromatic carbocycles. The summed E-state index contributed by atoms with van der Waals surface area (Å²) in [7, 11) is -3.87. The van der Waals surface area contributed by atoms with Crippen molar-refractivity contribution in [1.29, 1.82) is 0 Å². The molecule has 0 atom stereocenters. The zero-order valence-electron chi connectivity index (χ0n) is 14.2. The Balaban J connectivity index is 1.64. The van der Waals surface area contributed by atoms with E-state index in [0.717, 1.165) is 5.22 Å². The Morgan fingerprint density at radius 1 is 1.14 bits per heavy atom. The van der Waals surface area contributed by atoms with Crippen LogP contribution in [0.2, 0.25) is 5.02 Å². The van der Waals surface area contributed by atoms with Gasteiger partial charge >= 0.3 is 0 Å². The topological polar surface area (TPSA) is 117 Å². The van der Waals surface area contributed by atoms with Crippen LogP contribution in [0.15, 0.2) is 69.1 Å². The van der Waals surface area contributed by atoms with Gasteiger partial charge in [0.25, 0.3) is 11.8 Å². The Hall–Kier alpha value is -3.10. The van der Waals surface area contributed by atoms with E-state index in [1.165, 1.54) is 24.3 Å². The van der Waals surface area contributed by atoms with Gasteiger partial charge in [-0.05, 0) is 36.4 Å². The molecule has 1 aliphatic heterocycles. The molecule has 8 nitrogen and oxygen atoms in total. The summed E-state index contributed by atoms with van der Waals surface area (Å²) in [5.41, 5.74) is 2.17. The highest BCUT2D eigenvalue weighted by Gasteiger charge is 2.15. The maximum atomic E-state index is 12.1. The van der Waals surface area contributed by atoms with Gasteiger partial charge in [0.2, 0.25) is 10.0 Å². The minimum absolute atomic E-state index is 0.0296. The third-order valence-corrected chi connectivity index (χ3v) is 5.26. The van der Waals surface area contributed by atoms with E-state index in [9.17, 15) is 18.0 Å². The molecular weight excluding hydrogens is 404 g/mol. The van der Waals surface area contributed by atoms with Crippen molar-refractivity contribution in [3.63, 3.8) is 0 Å². The van der Waals surface area contributed by atoms with Crippen LogP contribution in [0.25, 0.3) is 6.08 Å². The van der Waals surface area contributed by atoms with Gasteiger partial charge in [0, 0.05) is 16.1 Å². The number of hydrogen-bond donors (Lipinski definition) is 2. The largest absolute Gasteiger partial charge is 0.287 e. The molecule has 10 heteroatoms. The van der Waals surface area contributed by atoms with Crippen molar-refractivity contribution in [2.75, 3.05) is 6.54 Å². The zero-order valence-corrected chi connectivity index (χ0v) is 15.8. The first-order valence-corrected chi connectivity index (χ1v) is 9.78. The first-order valence-electron chi connectivity index (χ1n) is 7.92. The molecule has 2 amide bonds. The van der Waals surface area contributed by atoms with E-state index in [0.29, 0.717) is 10.4 Å². The van der Waals surface area contributed by atoms with Crippen molar-refractivity contribution in [3.05, 3.63) is 69.7 Å². The van der Waals surface area contributed by atoms with Gasteiger partial charge in [0.05, 0.1) is 16.8 Å². The molecule has 3 rings (SSSR count). The fraction of sp³-hybridized carbons (Fsp3) is 0.0556. The van der Waals surface area contributed by atoms with E-state index in [1.54, 1.807) is 30.3 Å². The number of carbonyl (C=O) groups excluding carboxylic acids is 2. The van der Waals surface area contributed by atoms with Gasteiger partial charge in [-0.25, -0.2) is 23.6 Å². The van der Waals surface area contributed by atoms with Gasteiger partial charge < -0.3 is 0 Å². The first kappa shape index (κ1) is 19.7. The number of para-hydroxylation sites is 1. The standard InChI is InChI=1S/C18H13ClN4O4S/c19-14-5-7-15(8-6-14)28(26,27)21-11-17(24)23-20-10-13-9-12-3-1-2-4-16(12)22-18(13)25/h1-9,21H,11H2,(H,23,24). The van der Waals surface area contributed by atoms with E-state index in [4.69, 9.17) is 11.6 Å². The quantitative estimate of drug-likeness (QED) is 0.401. The Bertz CT molecular complexity index is 1230. The van der Waals surface area contributed by atoms with Crippen LogP contribution in [-0.4, -0.2) is 32.6 Å². The van der Waals surface area contributed by atoms with E-state index >= 15 is 0 Å². The molecule has 0 saturated heterocycles. The Morgan fingerprint density at radius 2 is 1.86 bits per heavy atom. The molecule has 1 aliphatic rings. The summed E-state index contributed by atoms with van der Waals surface area (Å²) in [6.45, 7) is -0.545. The van der Waals surface area contributed by atoms with Gasteiger partial charge in [0.1, 0.15) is 5.57 Å². The molecule has 0 saturated carbocycles. The minimum atomic E-state index is -3.87. The molecule has 0 aromatic heterocycles. The summed E-state index contributed by atoms with van der Waals surface area (Å²) in [5.74, 6) is 1.13. The average Bonchev–Trinajstić information content (AvgIpc) is 2.67. The van der Waals surface area contributed by atoms with Gasteiger partial charge in [-0.2, -0.15) is 0 Å². The number of nitrogens with one attached hydrogen (secondary N) is 2.